The van der Waals surface area contributed by atoms with E-state index in [1.54, 1.807) is 17.6 Å². The molecular weight excluding hydrogens is 328 g/mol. The first-order valence-corrected chi connectivity index (χ1v) is 9.16. The lowest BCUT2D eigenvalue weighted by Crippen LogP contribution is -2.25. The van der Waals surface area contributed by atoms with Gasteiger partial charge in [0, 0.05) is 10.3 Å². The molecule has 1 N–H and O–H groups in total. The van der Waals surface area contributed by atoms with Crippen molar-refractivity contribution in [1.82, 2.24) is 5.43 Å². The molecule has 3 nitrogen and oxygen atoms in total. The molecule has 1 fully saturated rings. The van der Waals surface area contributed by atoms with Crippen molar-refractivity contribution < 1.29 is 4.79 Å². The highest BCUT2D eigenvalue weighted by atomic mass is 32.1. The number of thiophene rings is 1. The molecule has 0 radical (unpaired) electrons. The number of nitrogens with zero attached hydrogens (tertiary/aromatic N) is 1. The van der Waals surface area contributed by atoms with E-state index in [-0.39, 0.29) is 17.2 Å². The van der Waals surface area contributed by atoms with E-state index in [9.17, 15) is 4.79 Å². The predicted octanol–water partition coefficient (Wildman–Crippen LogP) is 4.20. The van der Waals surface area contributed by atoms with E-state index in [0.717, 1.165) is 11.3 Å². The molecule has 0 bridgehead atoms. The van der Waals surface area contributed by atoms with Gasteiger partial charge >= 0.3 is 0 Å². The highest BCUT2D eigenvalue weighted by Gasteiger charge is 2.60. The molecule has 0 saturated heterocycles. The Morgan fingerprint density at radius 3 is 2.20 bits per heavy atom. The van der Waals surface area contributed by atoms with Gasteiger partial charge in [-0.2, -0.15) is 5.10 Å². The number of benzene rings is 2. The molecule has 1 atom stereocenters. The maximum Gasteiger partial charge on any atom is 0.244 e. The highest BCUT2D eigenvalue weighted by molar-refractivity contribution is 7.11. The molecule has 3 aromatic rings. The van der Waals surface area contributed by atoms with Crippen molar-refractivity contribution in [2.45, 2.75) is 11.8 Å². The number of amides is 1. The minimum Gasteiger partial charge on any atom is -0.273 e. The maximum atomic E-state index is 12.7. The number of carbonyl (C=O) groups is 1. The second kappa shape index (κ2) is 6.65. The van der Waals surface area contributed by atoms with Crippen molar-refractivity contribution in [2.75, 3.05) is 0 Å². The first kappa shape index (κ1) is 15.8. The zero-order chi connectivity index (χ0) is 17.1. The van der Waals surface area contributed by atoms with Gasteiger partial charge in [-0.05, 0) is 29.0 Å². The standard InChI is InChI=1S/C21H18N2OS/c24-20(23-22-15-18-12-7-13-25-18)19-14-21(19,16-8-3-1-4-9-16)17-10-5-2-6-11-17/h1-13,15,19H,14H2,(H,23,24)/b22-15-/t19-/m0/s1. The topological polar surface area (TPSA) is 41.5 Å². The van der Waals surface area contributed by atoms with E-state index in [1.807, 2.05) is 53.9 Å². The number of rotatable bonds is 5. The van der Waals surface area contributed by atoms with Crippen LogP contribution < -0.4 is 5.43 Å². The van der Waals surface area contributed by atoms with Crippen molar-refractivity contribution in [2.24, 2.45) is 11.0 Å². The van der Waals surface area contributed by atoms with Gasteiger partial charge in [-0.15, -0.1) is 11.3 Å². The van der Waals surface area contributed by atoms with Crippen molar-refractivity contribution in [3.63, 3.8) is 0 Å². The molecular formula is C21H18N2OS. The third-order valence-corrected chi connectivity index (χ3v) is 5.57. The molecule has 4 rings (SSSR count). The molecule has 1 aromatic heterocycles. The first-order chi connectivity index (χ1) is 12.3. The Balaban J connectivity index is 1.57. The summed E-state index contributed by atoms with van der Waals surface area (Å²) >= 11 is 1.59. The van der Waals surface area contributed by atoms with E-state index in [4.69, 9.17) is 0 Å². The summed E-state index contributed by atoms with van der Waals surface area (Å²) in [7, 11) is 0. The minimum atomic E-state index is -0.245. The fourth-order valence-corrected chi connectivity index (χ4v) is 4.04. The third kappa shape index (κ3) is 3.01. The molecule has 0 aliphatic heterocycles. The minimum absolute atomic E-state index is 0.0273. The Bertz CT molecular complexity index is 833. The van der Waals surface area contributed by atoms with Gasteiger partial charge < -0.3 is 0 Å². The van der Waals surface area contributed by atoms with Crippen LogP contribution in [0.3, 0.4) is 0 Å². The lowest BCUT2D eigenvalue weighted by atomic mass is 9.85. The summed E-state index contributed by atoms with van der Waals surface area (Å²) in [5.41, 5.74) is 4.84. The number of hydrogen-bond donors (Lipinski definition) is 1. The molecule has 1 aliphatic rings. The van der Waals surface area contributed by atoms with Crippen molar-refractivity contribution in [1.29, 1.82) is 0 Å². The normalized spacial score (nSPS) is 18.2. The second-order valence-corrected chi connectivity index (χ2v) is 7.19. The van der Waals surface area contributed by atoms with Crippen LogP contribution in [0, 0.1) is 5.92 Å². The highest BCUT2D eigenvalue weighted by Crippen LogP contribution is 2.58. The molecule has 25 heavy (non-hydrogen) atoms. The van der Waals surface area contributed by atoms with Gasteiger partial charge in [-0.1, -0.05) is 66.7 Å². The fraction of sp³-hybridized carbons (Fsp3) is 0.143. The molecule has 4 heteroatoms. The monoisotopic (exact) mass is 346 g/mol. The lowest BCUT2D eigenvalue weighted by Gasteiger charge is -2.18. The number of hydrazone groups is 1. The van der Waals surface area contributed by atoms with Crippen LogP contribution in [0.25, 0.3) is 0 Å². The summed E-state index contributed by atoms with van der Waals surface area (Å²) in [5, 5.41) is 6.10. The van der Waals surface area contributed by atoms with Crippen LogP contribution in [0.5, 0.6) is 0 Å². The molecule has 1 heterocycles. The summed E-state index contributed by atoms with van der Waals surface area (Å²) < 4.78 is 0. The average molecular weight is 346 g/mol. The predicted molar refractivity (Wildman–Crippen MR) is 102 cm³/mol. The van der Waals surface area contributed by atoms with Gasteiger partial charge in [0.1, 0.15) is 0 Å². The Labute approximate surface area is 151 Å². The molecule has 124 valence electrons. The maximum absolute atomic E-state index is 12.7. The summed E-state index contributed by atoms with van der Waals surface area (Å²) in [6.07, 6.45) is 2.50. The Morgan fingerprint density at radius 2 is 1.64 bits per heavy atom. The number of hydrogen-bond acceptors (Lipinski definition) is 3. The van der Waals surface area contributed by atoms with Crippen LogP contribution in [0.2, 0.25) is 0 Å². The number of nitrogens with one attached hydrogen (secondary N) is 1. The van der Waals surface area contributed by atoms with Crippen molar-refractivity contribution >= 4 is 23.5 Å². The van der Waals surface area contributed by atoms with E-state index >= 15 is 0 Å². The van der Waals surface area contributed by atoms with Crippen molar-refractivity contribution in [3.05, 3.63) is 94.2 Å². The van der Waals surface area contributed by atoms with Crippen LogP contribution in [-0.4, -0.2) is 12.1 Å². The van der Waals surface area contributed by atoms with Crippen LogP contribution in [0.1, 0.15) is 22.4 Å². The van der Waals surface area contributed by atoms with Gasteiger partial charge in [-0.3, -0.25) is 4.79 Å². The molecule has 0 unspecified atom stereocenters. The van der Waals surface area contributed by atoms with Gasteiger partial charge in [-0.25, -0.2) is 5.43 Å². The van der Waals surface area contributed by atoms with E-state index in [2.05, 4.69) is 34.8 Å². The van der Waals surface area contributed by atoms with E-state index < -0.39 is 0 Å². The molecule has 2 aromatic carbocycles. The Morgan fingerprint density at radius 1 is 1.00 bits per heavy atom. The largest absolute Gasteiger partial charge is 0.273 e. The quantitative estimate of drug-likeness (QED) is 0.546. The zero-order valence-electron chi connectivity index (χ0n) is 13.6. The van der Waals surface area contributed by atoms with E-state index in [1.165, 1.54) is 11.1 Å². The summed E-state index contributed by atoms with van der Waals surface area (Å²) in [4.78, 5) is 13.7. The summed E-state index contributed by atoms with van der Waals surface area (Å²) in [5.74, 6) is -0.127. The molecule has 1 amide bonds. The molecule has 0 spiro atoms. The summed E-state index contributed by atoms with van der Waals surface area (Å²) in [6.45, 7) is 0. The van der Waals surface area contributed by atoms with Crippen LogP contribution in [0.15, 0.2) is 83.3 Å². The first-order valence-electron chi connectivity index (χ1n) is 8.28. The van der Waals surface area contributed by atoms with Crippen LogP contribution in [0.4, 0.5) is 0 Å². The third-order valence-electron chi connectivity index (χ3n) is 4.76. The van der Waals surface area contributed by atoms with Crippen LogP contribution in [-0.2, 0) is 10.2 Å². The Kier molecular flexibility index (Phi) is 4.20. The van der Waals surface area contributed by atoms with Crippen LogP contribution >= 0.6 is 11.3 Å². The number of carbonyl (C=O) groups excluding carboxylic acids is 1. The fourth-order valence-electron chi connectivity index (χ4n) is 3.46. The van der Waals surface area contributed by atoms with Crippen molar-refractivity contribution in [3.8, 4) is 0 Å². The lowest BCUT2D eigenvalue weighted by molar-refractivity contribution is -0.122. The van der Waals surface area contributed by atoms with Gasteiger partial charge in [0.05, 0.1) is 12.1 Å². The van der Waals surface area contributed by atoms with Gasteiger partial charge in [0.15, 0.2) is 0 Å². The SMILES string of the molecule is O=C(N/N=C\c1cccs1)[C@@H]1CC1(c1ccccc1)c1ccccc1. The summed E-state index contributed by atoms with van der Waals surface area (Å²) in [6, 6.07) is 24.5. The van der Waals surface area contributed by atoms with E-state index in [0.29, 0.717) is 0 Å². The second-order valence-electron chi connectivity index (χ2n) is 6.21. The average Bonchev–Trinajstić information content (AvgIpc) is 3.23. The Hall–Kier alpha value is -2.72. The smallest absolute Gasteiger partial charge is 0.244 e. The molecule has 1 aliphatic carbocycles. The van der Waals surface area contributed by atoms with Gasteiger partial charge in [0.2, 0.25) is 5.91 Å². The molecule has 1 saturated carbocycles. The van der Waals surface area contributed by atoms with Gasteiger partial charge in [0.25, 0.3) is 0 Å². The zero-order valence-corrected chi connectivity index (χ0v) is 14.4.